The zero-order chi connectivity index (χ0) is 11.2. The number of allylic oxidation sites excluding steroid dienone is 1. The van der Waals surface area contributed by atoms with Crippen LogP contribution in [0.3, 0.4) is 0 Å². The van der Waals surface area contributed by atoms with Crippen LogP contribution in [0.15, 0.2) is 11.7 Å². The molecule has 2 saturated carbocycles. The van der Waals surface area contributed by atoms with Gasteiger partial charge in [-0.3, -0.25) is 0 Å². The van der Waals surface area contributed by atoms with Crippen molar-refractivity contribution in [3.63, 3.8) is 0 Å². The Balaban J connectivity index is 2.25. The molecule has 2 aliphatic carbocycles. The van der Waals surface area contributed by atoms with Crippen LogP contribution in [0.4, 0.5) is 22.0 Å². The third-order valence-electron chi connectivity index (χ3n) is 3.62. The fourth-order valence-electron chi connectivity index (χ4n) is 3.06. The van der Waals surface area contributed by atoms with Gasteiger partial charge in [0.1, 0.15) is 5.57 Å². The first-order chi connectivity index (χ1) is 6.89. The monoisotopic (exact) mass is 226 g/mol. The molecule has 3 atom stereocenters. The van der Waals surface area contributed by atoms with Crippen LogP contribution in [0, 0.1) is 17.8 Å². The summed E-state index contributed by atoms with van der Waals surface area (Å²) in [7, 11) is 0. The maximum Gasteiger partial charge on any atom is 0.418 e. The molecule has 0 radical (unpaired) electrons. The Hall–Kier alpha value is -0.610. The molecule has 2 rings (SSSR count). The number of halogens is 5. The Morgan fingerprint density at radius 2 is 1.67 bits per heavy atom. The largest absolute Gasteiger partial charge is 0.418 e. The van der Waals surface area contributed by atoms with E-state index in [4.69, 9.17) is 0 Å². The molecule has 0 aromatic carbocycles. The fourth-order valence-corrected chi connectivity index (χ4v) is 3.06. The Morgan fingerprint density at radius 1 is 1.00 bits per heavy atom. The SMILES string of the molecule is FC(F)=C(C1CC2CCC1C2)C(F)(F)F. The van der Waals surface area contributed by atoms with Gasteiger partial charge in [0.15, 0.2) is 0 Å². The highest BCUT2D eigenvalue weighted by Gasteiger charge is 2.50. The normalized spacial score (nSPS) is 34.6. The van der Waals surface area contributed by atoms with Gasteiger partial charge in [0.2, 0.25) is 0 Å². The Morgan fingerprint density at radius 3 is 2.00 bits per heavy atom. The van der Waals surface area contributed by atoms with Crippen molar-refractivity contribution in [2.24, 2.45) is 17.8 Å². The molecule has 0 aromatic rings. The highest BCUT2D eigenvalue weighted by atomic mass is 19.4. The molecule has 2 fully saturated rings. The molecular formula is C10H11F5. The van der Waals surface area contributed by atoms with Crippen LogP contribution < -0.4 is 0 Å². The van der Waals surface area contributed by atoms with E-state index in [0.29, 0.717) is 12.8 Å². The molecule has 3 unspecified atom stereocenters. The molecule has 0 saturated heterocycles. The van der Waals surface area contributed by atoms with E-state index in [9.17, 15) is 22.0 Å². The topological polar surface area (TPSA) is 0 Å². The van der Waals surface area contributed by atoms with Crippen molar-refractivity contribution in [3.05, 3.63) is 11.7 Å². The number of alkyl halides is 3. The smallest absolute Gasteiger partial charge is 0.173 e. The highest BCUT2D eigenvalue weighted by Crippen LogP contribution is 2.54. The number of hydrogen-bond donors (Lipinski definition) is 0. The fraction of sp³-hybridized carbons (Fsp3) is 0.800. The van der Waals surface area contributed by atoms with Crippen molar-refractivity contribution in [1.82, 2.24) is 0 Å². The highest BCUT2D eigenvalue weighted by molar-refractivity contribution is 5.18. The van der Waals surface area contributed by atoms with Gasteiger partial charge in [0.05, 0.1) is 0 Å². The quantitative estimate of drug-likeness (QED) is 0.589. The summed E-state index contributed by atoms with van der Waals surface area (Å²) in [6.07, 6.45) is -4.86. The van der Waals surface area contributed by atoms with Crippen LogP contribution in [0.2, 0.25) is 0 Å². The molecular weight excluding hydrogens is 215 g/mol. The summed E-state index contributed by atoms with van der Waals surface area (Å²) in [4.78, 5) is 0. The van der Waals surface area contributed by atoms with E-state index in [1.807, 2.05) is 0 Å². The van der Waals surface area contributed by atoms with E-state index < -0.39 is 23.7 Å². The molecule has 0 spiro atoms. The van der Waals surface area contributed by atoms with Gasteiger partial charge < -0.3 is 0 Å². The standard InChI is InChI=1S/C10H11F5/c11-9(12)8(10(13,14)15)7-4-5-1-2-6(7)3-5/h5-7H,1-4H2. The van der Waals surface area contributed by atoms with Crippen LogP contribution in [0.1, 0.15) is 25.7 Å². The molecule has 0 heterocycles. The minimum atomic E-state index is -4.87. The summed E-state index contributed by atoms with van der Waals surface area (Å²) in [6, 6.07) is 0. The number of fused-ring (bicyclic) bond motifs is 2. The second-order valence-corrected chi connectivity index (χ2v) is 4.45. The zero-order valence-corrected chi connectivity index (χ0v) is 7.95. The van der Waals surface area contributed by atoms with Crippen LogP contribution in [0.5, 0.6) is 0 Å². The van der Waals surface area contributed by atoms with E-state index >= 15 is 0 Å². The molecule has 86 valence electrons. The predicted octanol–water partition coefficient (Wildman–Crippen LogP) is 4.14. The number of rotatable bonds is 1. The van der Waals surface area contributed by atoms with Crippen LogP contribution in [-0.4, -0.2) is 6.18 Å². The molecule has 0 amide bonds. The first-order valence-electron chi connectivity index (χ1n) is 5.02. The first-order valence-corrected chi connectivity index (χ1v) is 5.02. The van der Waals surface area contributed by atoms with Gasteiger partial charge in [-0.15, -0.1) is 0 Å². The third-order valence-corrected chi connectivity index (χ3v) is 3.62. The maximum absolute atomic E-state index is 12.4. The van der Waals surface area contributed by atoms with E-state index in [-0.39, 0.29) is 18.3 Å². The van der Waals surface area contributed by atoms with Gasteiger partial charge in [-0.05, 0) is 37.0 Å². The second-order valence-electron chi connectivity index (χ2n) is 4.45. The van der Waals surface area contributed by atoms with Gasteiger partial charge in [-0.2, -0.15) is 22.0 Å². The molecule has 0 N–H and O–H groups in total. The van der Waals surface area contributed by atoms with Gasteiger partial charge in [0, 0.05) is 0 Å². The summed E-state index contributed by atoms with van der Waals surface area (Å²) < 4.78 is 61.9. The summed E-state index contributed by atoms with van der Waals surface area (Å²) in [5.41, 5.74) is -1.56. The van der Waals surface area contributed by atoms with Gasteiger partial charge in [-0.25, -0.2) is 0 Å². The minimum Gasteiger partial charge on any atom is -0.173 e. The molecule has 15 heavy (non-hydrogen) atoms. The van der Waals surface area contributed by atoms with Crippen LogP contribution >= 0.6 is 0 Å². The molecule has 5 heteroatoms. The summed E-state index contributed by atoms with van der Waals surface area (Å²) in [5, 5.41) is 0. The predicted molar refractivity (Wildman–Crippen MR) is 44.2 cm³/mol. The average molecular weight is 226 g/mol. The summed E-state index contributed by atoms with van der Waals surface area (Å²) >= 11 is 0. The van der Waals surface area contributed by atoms with Gasteiger partial charge in [0.25, 0.3) is 6.08 Å². The summed E-state index contributed by atoms with van der Waals surface area (Å²) in [5.74, 6) is -0.890. The Kier molecular flexibility index (Phi) is 2.51. The van der Waals surface area contributed by atoms with Crippen molar-refractivity contribution in [2.75, 3.05) is 0 Å². The van der Waals surface area contributed by atoms with E-state index in [1.165, 1.54) is 0 Å². The lowest BCUT2D eigenvalue weighted by atomic mass is 9.83. The molecule has 0 aromatic heterocycles. The number of hydrogen-bond acceptors (Lipinski definition) is 0. The molecule has 0 nitrogen and oxygen atoms in total. The lowest BCUT2D eigenvalue weighted by Crippen LogP contribution is -2.25. The lowest BCUT2D eigenvalue weighted by Gasteiger charge is -2.25. The van der Waals surface area contributed by atoms with Crippen molar-refractivity contribution in [1.29, 1.82) is 0 Å². The van der Waals surface area contributed by atoms with Crippen molar-refractivity contribution >= 4 is 0 Å². The van der Waals surface area contributed by atoms with Crippen molar-refractivity contribution in [2.45, 2.75) is 31.9 Å². The Labute approximate surface area is 84.2 Å². The van der Waals surface area contributed by atoms with E-state index in [2.05, 4.69) is 0 Å². The molecule has 2 aliphatic rings. The van der Waals surface area contributed by atoms with Crippen molar-refractivity contribution < 1.29 is 22.0 Å². The Bertz CT molecular complexity index is 287. The first kappa shape index (κ1) is 10.9. The third kappa shape index (κ3) is 1.88. The van der Waals surface area contributed by atoms with Crippen molar-refractivity contribution in [3.8, 4) is 0 Å². The van der Waals surface area contributed by atoms with Gasteiger partial charge in [-0.1, -0.05) is 6.42 Å². The van der Waals surface area contributed by atoms with Gasteiger partial charge >= 0.3 is 6.18 Å². The second kappa shape index (κ2) is 3.46. The molecule has 2 bridgehead atoms. The molecule has 0 aliphatic heterocycles. The summed E-state index contributed by atoms with van der Waals surface area (Å²) in [6.45, 7) is 0. The van der Waals surface area contributed by atoms with E-state index in [0.717, 1.165) is 6.42 Å². The van der Waals surface area contributed by atoms with E-state index in [1.54, 1.807) is 0 Å². The lowest BCUT2D eigenvalue weighted by molar-refractivity contribution is -0.105. The maximum atomic E-state index is 12.4. The average Bonchev–Trinajstić information content (AvgIpc) is 2.60. The van der Waals surface area contributed by atoms with Crippen LogP contribution in [-0.2, 0) is 0 Å². The minimum absolute atomic E-state index is 0.173. The zero-order valence-electron chi connectivity index (χ0n) is 7.95. The van der Waals surface area contributed by atoms with Crippen LogP contribution in [0.25, 0.3) is 0 Å².